The average Bonchev–Trinajstić information content (AvgIpc) is 3.37. The van der Waals surface area contributed by atoms with E-state index in [1.807, 2.05) is 16.8 Å². The number of halogens is 2. The fourth-order valence-corrected chi connectivity index (χ4v) is 3.72. The molecule has 1 amide bonds. The number of allylic oxidation sites excluding steroid dienone is 1. The van der Waals surface area contributed by atoms with E-state index in [1.165, 1.54) is 31.2 Å². The van der Waals surface area contributed by atoms with Crippen molar-refractivity contribution in [3.63, 3.8) is 0 Å². The van der Waals surface area contributed by atoms with Crippen LogP contribution in [-0.2, 0) is 11.3 Å². The van der Waals surface area contributed by atoms with Gasteiger partial charge in [0, 0.05) is 24.5 Å². The van der Waals surface area contributed by atoms with Crippen LogP contribution < -0.4 is 5.32 Å². The van der Waals surface area contributed by atoms with Crippen molar-refractivity contribution in [2.24, 2.45) is 0 Å². The molecule has 0 aliphatic heterocycles. The van der Waals surface area contributed by atoms with Gasteiger partial charge in [-0.3, -0.25) is 9.59 Å². The van der Waals surface area contributed by atoms with Gasteiger partial charge in [0.15, 0.2) is 0 Å². The molecule has 0 unspecified atom stereocenters. The molecule has 36 heavy (non-hydrogen) atoms. The summed E-state index contributed by atoms with van der Waals surface area (Å²) in [6.07, 6.45) is 7.08. The molecule has 0 bridgehead atoms. The number of carbonyl (C=O) groups is 2. The molecule has 6 nitrogen and oxygen atoms in total. The summed E-state index contributed by atoms with van der Waals surface area (Å²) < 4.78 is 29.0. The van der Waals surface area contributed by atoms with Crippen LogP contribution in [-0.4, -0.2) is 32.6 Å². The Morgan fingerprint density at radius 1 is 1.03 bits per heavy atom. The van der Waals surface area contributed by atoms with E-state index in [0.717, 1.165) is 16.7 Å². The lowest BCUT2D eigenvalue weighted by molar-refractivity contribution is -0.138. The molecule has 0 aliphatic rings. The third-order valence-corrected chi connectivity index (χ3v) is 5.63. The molecular formula is C28H23F2N3O3. The Hall–Kier alpha value is -4.59. The summed E-state index contributed by atoms with van der Waals surface area (Å²) >= 11 is 0. The van der Waals surface area contributed by atoms with Crippen LogP contribution in [0.3, 0.4) is 0 Å². The molecule has 0 spiro atoms. The second-order valence-electron chi connectivity index (χ2n) is 8.26. The highest BCUT2D eigenvalue weighted by Gasteiger charge is 2.19. The maximum absolute atomic E-state index is 13.6. The number of aromatic nitrogens is 2. The molecule has 0 aliphatic carbocycles. The standard InChI is InChI=1S/C28H23F2N3O3/c1-18(28(35)36)32-27(34)25-11-2-19(15-26(25)21-5-9-24(30)10-6-21)14-22(16-33-13-12-31-17-33)20-3-7-23(29)8-4-20/h2-15,17-18H,16H2,1H3,(H,32,34)(H,35,36)/b22-14-/t18-/m0/s1. The molecule has 4 aromatic rings. The van der Waals surface area contributed by atoms with Gasteiger partial charge < -0.3 is 15.0 Å². The number of hydrogen-bond acceptors (Lipinski definition) is 3. The van der Waals surface area contributed by atoms with Gasteiger partial charge in [0.2, 0.25) is 0 Å². The Balaban J connectivity index is 1.79. The predicted octanol–water partition coefficient (Wildman–Crippen LogP) is 5.27. The number of hydrogen-bond donors (Lipinski definition) is 2. The van der Waals surface area contributed by atoms with Crippen molar-refractivity contribution in [3.8, 4) is 11.1 Å². The van der Waals surface area contributed by atoms with Crippen molar-refractivity contribution in [2.75, 3.05) is 0 Å². The molecule has 4 rings (SSSR count). The first-order valence-corrected chi connectivity index (χ1v) is 11.2. The summed E-state index contributed by atoms with van der Waals surface area (Å²) in [7, 11) is 0. The van der Waals surface area contributed by atoms with Crippen molar-refractivity contribution in [1.82, 2.24) is 14.9 Å². The van der Waals surface area contributed by atoms with E-state index in [4.69, 9.17) is 0 Å². The van der Waals surface area contributed by atoms with E-state index in [1.54, 1.807) is 55.0 Å². The van der Waals surface area contributed by atoms with Crippen molar-refractivity contribution >= 4 is 23.5 Å². The minimum absolute atomic E-state index is 0.254. The Bertz CT molecular complexity index is 1400. The summed E-state index contributed by atoms with van der Waals surface area (Å²) in [5.74, 6) is -2.48. The lowest BCUT2D eigenvalue weighted by Gasteiger charge is -2.15. The van der Waals surface area contributed by atoms with Crippen molar-refractivity contribution in [1.29, 1.82) is 0 Å². The minimum Gasteiger partial charge on any atom is -0.480 e. The second kappa shape index (κ2) is 10.8. The minimum atomic E-state index is -1.16. The zero-order chi connectivity index (χ0) is 25.7. The van der Waals surface area contributed by atoms with Gasteiger partial charge in [-0.15, -0.1) is 0 Å². The topological polar surface area (TPSA) is 84.2 Å². The van der Waals surface area contributed by atoms with Gasteiger partial charge in [0.05, 0.1) is 6.33 Å². The molecule has 1 atom stereocenters. The lowest BCUT2D eigenvalue weighted by atomic mass is 9.94. The maximum atomic E-state index is 13.6. The molecule has 0 radical (unpaired) electrons. The van der Waals surface area contributed by atoms with Gasteiger partial charge in [-0.2, -0.15) is 0 Å². The van der Waals surface area contributed by atoms with Crippen LogP contribution in [0.5, 0.6) is 0 Å². The lowest BCUT2D eigenvalue weighted by Crippen LogP contribution is -2.38. The number of benzene rings is 3. The van der Waals surface area contributed by atoms with Crippen LogP contribution in [0.15, 0.2) is 85.5 Å². The Kier molecular flexibility index (Phi) is 7.34. The zero-order valence-electron chi connectivity index (χ0n) is 19.4. The normalized spacial score (nSPS) is 12.2. The van der Waals surface area contributed by atoms with Crippen LogP contribution in [0.25, 0.3) is 22.8 Å². The fraction of sp³-hybridized carbons (Fsp3) is 0.107. The Labute approximate surface area is 206 Å². The largest absolute Gasteiger partial charge is 0.480 e. The Morgan fingerprint density at radius 2 is 1.69 bits per heavy atom. The number of nitrogens with one attached hydrogen (secondary N) is 1. The number of nitrogens with zero attached hydrogens (tertiary/aromatic N) is 2. The third kappa shape index (κ3) is 5.90. The molecule has 1 heterocycles. The fourth-order valence-electron chi connectivity index (χ4n) is 3.72. The maximum Gasteiger partial charge on any atom is 0.325 e. The zero-order valence-corrected chi connectivity index (χ0v) is 19.4. The smallest absolute Gasteiger partial charge is 0.325 e. The van der Waals surface area contributed by atoms with Crippen LogP contribution in [0.4, 0.5) is 8.78 Å². The monoisotopic (exact) mass is 487 g/mol. The first-order valence-electron chi connectivity index (χ1n) is 11.2. The van der Waals surface area contributed by atoms with Gasteiger partial charge >= 0.3 is 5.97 Å². The van der Waals surface area contributed by atoms with Crippen molar-refractivity contribution < 1.29 is 23.5 Å². The molecule has 8 heteroatoms. The molecule has 1 aromatic heterocycles. The molecule has 182 valence electrons. The highest BCUT2D eigenvalue weighted by Crippen LogP contribution is 2.28. The summed E-state index contributed by atoms with van der Waals surface area (Å²) in [5, 5.41) is 11.6. The number of carboxylic acid groups (broad SMARTS) is 1. The van der Waals surface area contributed by atoms with E-state index < -0.39 is 23.7 Å². The molecule has 0 saturated carbocycles. The average molecular weight is 488 g/mol. The van der Waals surface area contributed by atoms with E-state index in [2.05, 4.69) is 10.3 Å². The third-order valence-electron chi connectivity index (χ3n) is 5.63. The summed E-state index contributed by atoms with van der Waals surface area (Å²) in [5.41, 5.74) is 3.79. The van der Waals surface area contributed by atoms with Gasteiger partial charge in [-0.25, -0.2) is 13.8 Å². The molecular weight excluding hydrogens is 464 g/mol. The molecule has 0 fully saturated rings. The van der Waals surface area contributed by atoms with E-state index >= 15 is 0 Å². The number of carboxylic acids is 1. The summed E-state index contributed by atoms with van der Waals surface area (Å²) in [6, 6.07) is 15.9. The van der Waals surface area contributed by atoms with Crippen LogP contribution in [0.2, 0.25) is 0 Å². The number of imidazole rings is 1. The predicted molar refractivity (Wildman–Crippen MR) is 133 cm³/mol. The van der Waals surface area contributed by atoms with E-state index in [-0.39, 0.29) is 11.4 Å². The van der Waals surface area contributed by atoms with Gasteiger partial charge in [-0.1, -0.05) is 30.3 Å². The van der Waals surface area contributed by atoms with Crippen molar-refractivity contribution in [2.45, 2.75) is 19.5 Å². The van der Waals surface area contributed by atoms with E-state index in [9.17, 15) is 23.5 Å². The van der Waals surface area contributed by atoms with Gasteiger partial charge in [0.25, 0.3) is 5.91 Å². The number of amides is 1. The second-order valence-corrected chi connectivity index (χ2v) is 8.26. The molecule has 0 saturated heterocycles. The quantitative estimate of drug-likeness (QED) is 0.332. The highest BCUT2D eigenvalue weighted by molar-refractivity contribution is 6.03. The summed E-state index contributed by atoms with van der Waals surface area (Å²) in [4.78, 5) is 28.2. The summed E-state index contributed by atoms with van der Waals surface area (Å²) in [6.45, 7) is 1.84. The van der Waals surface area contributed by atoms with Crippen LogP contribution >= 0.6 is 0 Å². The molecule has 2 N–H and O–H groups in total. The van der Waals surface area contributed by atoms with Crippen LogP contribution in [0.1, 0.15) is 28.4 Å². The number of carbonyl (C=O) groups excluding carboxylic acids is 1. The van der Waals surface area contributed by atoms with E-state index in [0.29, 0.717) is 17.7 Å². The molecule has 3 aromatic carbocycles. The SMILES string of the molecule is C[C@H](NC(=O)c1ccc(/C=C(/Cn2ccnc2)c2ccc(F)cc2)cc1-c1ccc(F)cc1)C(=O)O. The highest BCUT2D eigenvalue weighted by atomic mass is 19.1. The van der Waals surface area contributed by atoms with Gasteiger partial charge in [-0.05, 0) is 77.2 Å². The first-order chi connectivity index (χ1) is 17.3. The number of rotatable bonds is 8. The van der Waals surface area contributed by atoms with Gasteiger partial charge in [0.1, 0.15) is 17.7 Å². The van der Waals surface area contributed by atoms with Crippen LogP contribution in [0, 0.1) is 11.6 Å². The van der Waals surface area contributed by atoms with Crippen molar-refractivity contribution in [3.05, 3.63) is 114 Å². The number of aliphatic carboxylic acids is 1. The Morgan fingerprint density at radius 3 is 2.31 bits per heavy atom. The first kappa shape index (κ1) is 24.5.